The summed E-state index contributed by atoms with van der Waals surface area (Å²) in [5.41, 5.74) is 2.07. The molecule has 0 amide bonds. The average Bonchev–Trinajstić information content (AvgIpc) is 3.33. The summed E-state index contributed by atoms with van der Waals surface area (Å²) in [6, 6.07) is 0. The molecule has 0 spiro atoms. The SMILES string of the molecule is CCc1nc(C)cn1CCC(=O)OCCCCCCOC(=O)CC[n+]1cc(C)[nH]c1CC. The van der Waals surface area contributed by atoms with E-state index in [1.165, 1.54) is 0 Å². The van der Waals surface area contributed by atoms with Crippen molar-refractivity contribution >= 4 is 11.9 Å². The van der Waals surface area contributed by atoms with Crippen LogP contribution in [0.5, 0.6) is 0 Å². The van der Waals surface area contributed by atoms with Crippen LogP contribution in [0.1, 0.15) is 75.4 Å². The van der Waals surface area contributed by atoms with Gasteiger partial charge >= 0.3 is 11.9 Å². The number of ether oxygens (including phenoxy) is 2. The largest absolute Gasteiger partial charge is 0.466 e. The summed E-state index contributed by atoms with van der Waals surface area (Å²) >= 11 is 0. The van der Waals surface area contributed by atoms with Crippen molar-refractivity contribution in [2.45, 2.75) is 92.2 Å². The second-order valence-corrected chi connectivity index (χ2v) is 8.13. The fraction of sp³-hybridized carbons (Fsp3) is 0.667. The molecule has 0 aliphatic heterocycles. The Morgan fingerprint density at radius 1 is 1.00 bits per heavy atom. The number of nitrogens with one attached hydrogen (secondary N) is 1. The van der Waals surface area contributed by atoms with Gasteiger partial charge in [-0.05, 0) is 32.6 Å². The molecule has 178 valence electrons. The number of hydrogen-bond donors (Lipinski definition) is 1. The molecule has 0 aliphatic rings. The van der Waals surface area contributed by atoms with E-state index < -0.39 is 0 Å². The number of carbonyl (C=O) groups excluding carboxylic acids is 2. The lowest BCUT2D eigenvalue weighted by Crippen LogP contribution is -2.37. The number of nitrogens with zero attached hydrogens (tertiary/aromatic N) is 3. The molecule has 0 aliphatic carbocycles. The molecule has 0 radical (unpaired) electrons. The van der Waals surface area contributed by atoms with Crippen molar-refractivity contribution in [1.29, 1.82) is 0 Å². The maximum atomic E-state index is 11.9. The Morgan fingerprint density at radius 2 is 1.66 bits per heavy atom. The summed E-state index contributed by atoms with van der Waals surface area (Å²) in [6.45, 7) is 10.2. The first-order chi connectivity index (χ1) is 15.4. The minimum atomic E-state index is -0.172. The average molecular weight is 448 g/mol. The number of carbonyl (C=O) groups is 2. The van der Waals surface area contributed by atoms with E-state index in [1.807, 2.05) is 30.8 Å². The fourth-order valence-electron chi connectivity index (χ4n) is 3.70. The number of unbranched alkanes of at least 4 members (excludes halogenated alkanes) is 3. The van der Waals surface area contributed by atoms with Crippen molar-refractivity contribution in [3.63, 3.8) is 0 Å². The first-order valence-corrected chi connectivity index (χ1v) is 11.8. The molecule has 8 nitrogen and oxygen atoms in total. The quantitative estimate of drug-likeness (QED) is 0.257. The zero-order valence-electron chi connectivity index (χ0n) is 20.1. The number of esters is 2. The topological polar surface area (TPSA) is 90.1 Å². The number of rotatable bonds is 15. The zero-order valence-corrected chi connectivity index (χ0v) is 20.1. The summed E-state index contributed by atoms with van der Waals surface area (Å²) in [5.74, 6) is 1.79. The monoisotopic (exact) mass is 447 g/mol. The summed E-state index contributed by atoms with van der Waals surface area (Å²) in [7, 11) is 0. The summed E-state index contributed by atoms with van der Waals surface area (Å²) in [6.07, 6.45) is 10.0. The van der Waals surface area contributed by atoms with Gasteiger partial charge in [0.15, 0.2) is 0 Å². The van der Waals surface area contributed by atoms with Gasteiger partial charge in [-0.15, -0.1) is 0 Å². The van der Waals surface area contributed by atoms with E-state index in [1.54, 1.807) is 0 Å². The van der Waals surface area contributed by atoms with E-state index in [4.69, 9.17) is 9.47 Å². The van der Waals surface area contributed by atoms with Crippen LogP contribution in [0.25, 0.3) is 0 Å². The minimum Gasteiger partial charge on any atom is -0.466 e. The molecular formula is C24H39N4O4+. The third-order valence-corrected chi connectivity index (χ3v) is 5.35. The summed E-state index contributed by atoms with van der Waals surface area (Å²) < 4.78 is 14.8. The highest BCUT2D eigenvalue weighted by Crippen LogP contribution is 2.06. The molecular weight excluding hydrogens is 408 g/mol. The van der Waals surface area contributed by atoms with Gasteiger partial charge in [0.25, 0.3) is 5.82 Å². The van der Waals surface area contributed by atoms with Crippen LogP contribution in [0.4, 0.5) is 0 Å². The van der Waals surface area contributed by atoms with E-state index >= 15 is 0 Å². The number of aromatic amines is 1. The van der Waals surface area contributed by atoms with Crippen molar-refractivity contribution in [2.75, 3.05) is 13.2 Å². The van der Waals surface area contributed by atoms with E-state index in [-0.39, 0.29) is 11.9 Å². The molecule has 0 saturated heterocycles. The molecule has 0 bridgehead atoms. The maximum Gasteiger partial charge on any atom is 0.309 e. The van der Waals surface area contributed by atoms with Gasteiger partial charge in [0.1, 0.15) is 24.3 Å². The van der Waals surface area contributed by atoms with Crippen LogP contribution >= 0.6 is 0 Å². The molecule has 2 aromatic rings. The van der Waals surface area contributed by atoms with Gasteiger partial charge in [-0.3, -0.25) is 9.59 Å². The van der Waals surface area contributed by atoms with Gasteiger partial charge in [-0.25, -0.2) is 14.5 Å². The molecule has 32 heavy (non-hydrogen) atoms. The van der Waals surface area contributed by atoms with Crippen molar-refractivity contribution in [3.8, 4) is 0 Å². The third-order valence-electron chi connectivity index (χ3n) is 5.35. The Kier molecular flexibility index (Phi) is 11.0. The maximum absolute atomic E-state index is 11.9. The highest BCUT2D eigenvalue weighted by Gasteiger charge is 2.13. The first kappa shape index (κ1) is 25.6. The highest BCUT2D eigenvalue weighted by molar-refractivity contribution is 5.69. The van der Waals surface area contributed by atoms with E-state index in [0.717, 1.165) is 61.6 Å². The van der Waals surface area contributed by atoms with Crippen LogP contribution in [0.2, 0.25) is 0 Å². The molecule has 2 aromatic heterocycles. The number of aryl methyl sites for hydroxylation is 6. The fourth-order valence-corrected chi connectivity index (χ4v) is 3.70. The van der Waals surface area contributed by atoms with Crippen molar-refractivity contribution < 1.29 is 23.6 Å². The van der Waals surface area contributed by atoms with Gasteiger partial charge in [0, 0.05) is 32.5 Å². The molecule has 0 fully saturated rings. The predicted molar refractivity (Wildman–Crippen MR) is 121 cm³/mol. The lowest BCUT2D eigenvalue weighted by atomic mass is 10.2. The Hall–Kier alpha value is -2.64. The van der Waals surface area contributed by atoms with Gasteiger partial charge in [0.05, 0.1) is 31.7 Å². The van der Waals surface area contributed by atoms with Crippen LogP contribution < -0.4 is 4.57 Å². The van der Waals surface area contributed by atoms with Crippen molar-refractivity contribution in [2.24, 2.45) is 0 Å². The predicted octanol–water partition coefficient (Wildman–Crippen LogP) is 3.37. The van der Waals surface area contributed by atoms with Crippen LogP contribution in [0, 0.1) is 13.8 Å². The number of aromatic nitrogens is 4. The normalized spacial score (nSPS) is 11.0. The standard InChI is InChI=1S/C24H38N4O4/c1-5-21-25-19(3)17-27(21)13-11-23(29)31-15-9-7-8-10-16-32-24(30)12-14-28-18-20(4)26-22(28)6-2/h17-18H,5-16H2,1-4H3/p+1. The Labute approximate surface area is 191 Å². The van der Waals surface area contributed by atoms with Gasteiger partial charge in [-0.1, -0.05) is 13.8 Å². The van der Waals surface area contributed by atoms with Gasteiger partial charge in [-0.2, -0.15) is 0 Å². The van der Waals surface area contributed by atoms with E-state index in [2.05, 4.69) is 28.4 Å². The molecule has 0 saturated carbocycles. The minimum absolute atomic E-state index is 0.161. The summed E-state index contributed by atoms with van der Waals surface area (Å²) in [4.78, 5) is 31.6. The second-order valence-electron chi connectivity index (χ2n) is 8.13. The van der Waals surface area contributed by atoms with Gasteiger partial charge in [0.2, 0.25) is 0 Å². The molecule has 2 rings (SSSR count). The van der Waals surface area contributed by atoms with Crippen LogP contribution in [-0.4, -0.2) is 39.7 Å². The molecule has 1 N–H and O–H groups in total. The molecule has 0 aromatic carbocycles. The van der Waals surface area contributed by atoms with E-state index in [0.29, 0.717) is 39.1 Å². The third kappa shape index (κ3) is 8.85. The Morgan fingerprint density at radius 3 is 2.28 bits per heavy atom. The molecule has 8 heteroatoms. The van der Waals surface area contributed by atoms with Crippen LogP contribution in [0.15, 0.2) is 12.4 Å². The van der Waals surface area contributed by atoms with Crippen molar-refractivity contribution in [1.82, 2.24) is 14.5 Å². The lowest BCUT2D eigenvalue weighted by molar-refractivity contribution is -0.701. The molecule has 2 heterocycles. The van der Waals surface area contributed by atoms with Crippen molar-refractivity contribution in [3.05, 3.63) is 35.4 Å². The van der Waals surface area contributed by atoms with Crippen LogP contribution in [0.3, 0.4) is 0 Å². The Bertz CT molecular complexity index is 786. The summed E-state index contributed by atoms with van der Waals surface area (Å²) in [5, 5.41) is 0. The highest BCUT2D eigenvalue weighted by atomic mass is 16.5. The van der Waals surface area contributed by atoms with Crippen LogP contribution in [-0.2, 0) is 45.0 Å². The second kappa shape index (κ2) is 13.7. The number of H-pyrrole nitrogens is 1. The zero-order chi connectivity index (χ0) is 23.3. The lowest BCUT2D eigenvalue weighted by Gasteiger charge is -2.07. The molecule has 0 unspecified atom stereocenters. The Balaban J connectivity index is 1.46. The number of imidazole rings is 2. The smallest absolute Gasteiger partial charge is 0.309 e. The number of hydrogen-bond acceptors (Lipinski definition) is 5. The van der Waals surface area contributed by atoms with Gasteiger partial charge < -0.3 is 14.0 Å². The first-order valence-electron chi connectivity index (χ1n) is 11.8. The van der Waals surface area contributed by atoms with E-state index in [9.17, 15) is 9.59 Å². The molecule has 0 atom stereocenters.